The number of nitrogens with two attached hydrogens (primary N) is 2. The summed E-state index contributed by atoms with van der Waals surface area (Å²) in [6.45, 7) is 3.76. The fourth-order valence-electron chi connectivity index (χ4n) is 1.83. The van der Waals surface area contributed by atoms with Crippen LogP contribution in [0.1, 0.15) is 35.7 Å². The van der Waals surface area contributed by atoms with Gasteiger partial charge in [0.2, 0.25) is 11.8 Å². The summed E-state index contributed by atoms with van der Waals surface area (Å²) >= 11 is 0. The zero-order valence-corrected chi connectivity index (χ0v) is 9.44. The van der Waals surface area contributed by atoms with Gasteiger partial charge in [-0.3, -0.25) is 9.59 Å². The lowest BCUT2D eigenvalue weighted by Crippen LogP contribution is -2.28. The minimum Gasteiger partial charge on any atom is -0.369 e. The van der Waals surface area contributed by atoms with Crippen LogP contribution in [-0.4, -0.2) is 11.8 Å². The zero-order valence-electron chi connectivity index (χ0n) is 9.44. The average molecular weight is 220 g/mol. The number of primary amides is 2. The summed E-state index contributed by atoms with van der Waals surface area (Å²) in [5.41, 5.74) is 11.6. The molecule has 0 fully saturated rings. The molecule has 0 aliphatic rings. The molecule has 0 spiro atoms. The van der Waals surface area contributed by atoms with Crippen molar-refractivity contribution in [2.24, 2.45) is 17.4 Å². The van der Waals surface area contributed by atoms with E-state index in [4.69, 9.17) is 11.5 Å². The number of rotatable bonds is 4. The van der Waals surface area contributed by atoms with Crippen LogP contribution in [0.4, 0.5) is 0 Å². The van der Waals surface area contributed by atoms with Crippen LogP contribution in [0.5, 0.6) is 0 Å². The third-order valence-electron chi connectivity index (χ3n) is 2.53. The largest absolute Gasteiger partial charge is 0.369 e. The van der Waals surface area contributed by atoms with E-state index in [1.54, 1.807) is 24.3 Å². The lowest BCUT2D eigenvalue weighted by Gasteiger charge is -2.19. The molecule has 1 rings (SSSR count). The Morgan fingerprint density at radius 3 is 2.12 bits per heavy atom. The first-order valence-electron chi connectivity index (χ1n) is 5.13. The highest BCUT2D eigenvalue weighted by atomic mass is 16.1. The summed E-state index contributed by atoms with van der Waals surface area (Å²) in [5, 5.41) is 0. The fourth-order valence-corrected chi connectivity index (χ4v) is 1.83. The van der Waals surface area contributed by atoms with Gasteiger partial charge in [0.25, 0.3) is 0 Å². The molecule has 1 unspecified atom stereocenters. The Labute approximate surface area is 94.6 Å². The molecule has 4 N–H and O–H groups in total. The van der Waals surface area contributed by atoms with Crippen molar-refractivity contribution in [3.63, 3.8) is 0 Å². The topological polar surface area (TPSA) is 86.2 Å². The average Bonchev–Trinajstić information content (AvgIpc) is 2.17. The Morgan fingerprint density at radius 2 is 1.69 bits per heavy atom. The highest BCUT2D eigenvalue weighted by molar-refractivity contribution is 5.96. The molecule has 0 radical (unpaired) electrons. The molecule has 4 heteroatoms. The van der Waals surface area contributed by atoms with E-state index in [0.717, 1.165) is 0 Å². The Hall–Kier alpha value is -1.84. The molecule has 0 bridgehead atoms. The first kappa shape index (κ1) is 12.2. The van der Waals surface area contributed by atoms with E-state index >= 15 is 0 Å². The van der Waals surface area contributed by atoms with Gasteiger partial charge in [0.15, 0.2) is 0 Å². The molecule has 1 aromatic rings. The second-order valence-electron chi connectivity index (χ2n) is 4.08. The van der Waals surface area contributed by atoms with E-state index < -0.39 is 17.7 Å². The Balaban J connectivity index is 3.29. The molecule has 0 heterocycles. The molecular weight excluding hydrogens is 204 g/mol. The molecule has 16 heavy (non-hydrogen) atoms. The van der Waals surface area contributed by atoms with Crippen molar-refractivity contribution in [1.82, 2.24) is 0 Å². The Bertz CT molecular complexity index is 413. The predicted molar refractivity (Wildman–Crippen MR) is 61.7 cm³/mol. The molecule has 2 amide bonds. The van der Waals surface area contributed by atoms with Crippen molar-refractivity contribution < 1.29 is 9.59 Å². The first-order valence-corrected chi connectivity index (χ1v) is 5.13. The van der Waals surface area contributed by atoms with Gasteiger partial charge in [-0.05, 0) is 17.5 Å². The van der Waals surface area contributed by atoms with Crippen LogP contribution < -0.4 is 11.5 Å². The quantitative estimate of drug-likeness (QED) is 0.793. The van der Waals surface area contributed by atoms with Crippen LogP contribution in [0, 0.1) is 5.92 Å². The predicted octanol–water partition coefficient (Wildman–Crippen LogP) is 1.01. The lowest BCUT2D eigenvalue weighted by molar-refractivity contribution is -0.120. The summed E-state index contributed by atoms with van der Waals surface area (Å²) in [5.74, 6) is -1.44. The fraction of sp³-hybridized carbons (Fsp3) is 0.333. The maximum atomic E-state index is 11.4. The maximum absolute atomic E-state index is 11.4. The normalized spacial score (nSPS) is 12.4. The third-order valence-corrected chi connectivity index (χ3v) is 2.53. The van der Waals surface area contributed by atoms with Crippen LogP contribution in [0.2, 0.25) is 0 Å². The van der Waals surface area contributed by atoms with Crippen molar-refractivity contribution in [2.75, 3.05) is 0 Å². The molecule has 1 atom stereocenters. The molecule has 0 aliphatic carbocycles. The zero-order chi connectivity index (χ0) is 12.3. The van der Waals surface area contributed by atoms with E-state index in [9.17, 15) is 9.59 Å². The number of carbonyl (C=O) groups is 2. The van der Waals surface area contributed by atoms with Crippen molar-refractivity contribution in [1.29, 1.82) is 0 Å². The van der Waals surface area contributed by atoms with Gasteiger partial charge in [0, 0.05) is 5.56 Å². The van der Waals surface area contributed by atoms with Crippen molar-refractivity contribution in [2.45, 2.75) is 19.8 Å². The molecule has 0 aliphatic heterocycles. The number of hydrogen-bond donors (Lipinski definition) is 2. The summed E-state index contributed by atoms with van der Waals surface area (Å²) in [4.78, 5) is 22.6. The number of carbonyl (C=O) groups excluding carboxylic acids is 2. The highest BCUT2D eigenvalue weighted by Crippen LogP contribution is 2.26. The van der Waals surface area contributed by atoms with Gasteiger partial charge in [0.05, 0.1) is 5.92 Å². The summed E-state index contributed by atoms with van der Waals surface area (Å²) < 4.78 is 0. The number of hydrogen-bond acceptors (Lipinski definition) is 2. The van der Waals surface area contributed by atoms with Gasteiger partial charge >= 0.3 is 0 Å². The van der Waals surface area contributed by atoms with E-state index in [-0.39, 0.29) is 5.92 Å². The Kier molecular flexibility index (Phi) is 3.66. The van der Waals surface area contributed by atoms with Crippen molar-refractivity contribution >= 4 is 11.8 Å². The maximum Gasteiger partial charge on any atom is 0.249 e. The van der Waals surface area contributed by atoms with E-state index in [1.807, 2.05) is 13.8 Å². The first-order chi connectivity index (χ1) is 7.45. The highest BCUT2D eigenvalue weighted by Gasteiger charge is 2.25. The second-order valence-corrected chi connectivity index (χ2v) is 4.08. The standard InChI is InChI=1S/C12H16N2O2/c1-7(2)10(12(14)16)8-5-3-4-6-9(8)11(13)15/h3-7,10H,1-2H3,(H2,13,15)(H2,14,16). The van der Waals surface area contributed by atoms with Crippen LogP contribution in [0.15, 0.2) is 24.3 Å². The minimum atomic E-state index is -0.539. The number of benzene rings is 1. The van der Waals surface area contributed by atoms with Gasteiger partial charge < -0.3 is 11.5 Å². The van der Waals surface area contributed by atoms with Crippen LogP contribution in [0.3, 0.4) is 0 Å². The van der Waals surface area contributed by atoms with Gasteiger partial charge in [-0.2, -0.15) is 0 Å². The molecular formula is C12H16N2O2. The lowest BCUT2D eigenvalue weighted by atomic mass is 9.85. The van der Waals surface area contributed by atoms with Gasteiger partial charge in [0.1, 0.15) is 0 Å². The van der Waals surface area contributed by atoms with E-state index in [1.165, 1.54) is 0 Å². The minimum absolute atomic E-state index is 0.0259. The molecule has 86 valence electrons. The third kappa shape index (κ3) is 2.39. The van der Waals surface area contributed by atoms with Crippen molar-refractivity contribution in [3.8, 4) is 0 Å². The SMILES string of the molecule is CC(C)C(C(N)=O)c1ccccc1C(N)=O. The number of amides is 2. The van der Waals surface area contributed by atoms with E-state index in [0.29, 0.717) is 11.1 Å². The smallest absolute Gasteiger partial charge is 0.249 e. The van der Waals surface area contributed by atoms with Gasteiger partial charge in [-0.1, -0.05) is 32.0 Å². The van der Waals surface area contributed by atoms with Crippen molar-refractivity contribution in [3.05, 3.63) is 35.4 Å². The van der Waals surface area contributed by atoms with Gasteiger partial charge in [-0.15, -0.1) is 0 Å². The van der Waals surface area contributed by atoms with Crippen LogP contribution >= 0.6 is 0 Å². The molecule has 4 nitrogen and oxygen atoms in total. The van der Waals surface area contributed by atoms with E-state index in [2.05, 4.69) is 0 Å². The van der Waals surface area contributed by atoms with Gasteiger partial charge in [-0.25, -0.2) is 0 Å². The Morgan fingerprint density at radius 1 is 1.12 bits per heavy atom. The summed E-state index contributed by atoms with van der Waals surface area (Å²) in [6.07, 6.45) is 0. The molecule has 0 saturated carbocycles. The second kappa shape index (κ2) is 4.79. The van der Waals surface area contributed by atoms with Crippen LogP contribution in [-0.2, 0) is 4.79 Å². The monoisotopic (exact) mass is 220 g/mol. The molecule has 0 saturated heterocycles. The summed E-state index contributed by atoms with van der Waals surface area (Å²) in [6, 6.07) is 6.80. The molecule has 1 aromatic carbocycles. The molecule has 0 aromatic heterocycles. The van der Waals surface area contributed by atoms with Crippen LogP contribution in [0.25, 0.3) is 0 Å². The summed E-state index contributed by atoms with van der Waals surface area (Å²) in [7, 11) is 0.